The molecular formula is C14H25F3N2O2. The molecule has 1 fully saturated rings. The lowest BCUT2D eigenvalue weighted by Crippen LogP contribution is -2.51. The molecule has 1 saturated heterocycles. The van der Waals surface area contributed by atoms with Crippen LogP contribution in [0.1, 0.15) is 32.6 Å². The van der Waals surface area contributed by atoms with E-state index in [2.05, 4.69) is 21.9 Å². The zero-order valence-electron chi connectivity index (χ0n) is 12.7. The van der Waals surface area contributed by atoms with Crippen molar-refractivity contribution in [3.05, 3.63) is 0 Å². The molecule has 7 heteroatoms. The van der Waals surface area contributed by atoms with Gasteiger partial charge in [0, 0.05) is 25.6 Å². The van der Waals surface area contributed by atoms with E-state index >= 15 is 0 Å². The van der Waals surface area contributed by atoms with Gasteiger partial charge in [0.05, 0.1) is 13.7 Å². The normalized spacial score (nSPS) is 24.0. The lowest BCUT2D eigenvalue weighted by molar-refractivity contribution is -0.142. The van der Waals surface area contributed by atoms with Crippen LogP contribution in [0.4, 0.5) is 13.2 Å². The van der Waals surface area contributed by atoms with E-state index in [1.807, 2.05) is 0 Å². The topological polar surface area (TPSA) is 41.6 Å². The Labute approximate surface area is 124 Å². The number of hydrogen-bond donors (Lipinski definition) is 1. The Morgan fingerprint density at radius 2 is 2.10 bits per heavy atom. The Morgan fingerprint density at radius 1 is 1.38 bits per heavy atom. The van der Waals surface area contributed by atoms with Crippen LogP contribution in [0.3, 0.4) is 0 Å². The number of unbranched alkanes of at least 4 members (excludes halogenated alkanes) is 1. The Morgan fingerprint density at radius 3 is 2.67 bits per heavy atom. The highest BCUT2D eigenvalue weighted by atomic mass is 19.4. The van der Waals surface area contributed by atoms with E-state index in [-0.39, 0.29) is 24.3 Å². The van der Waals surface area contributed by atoms with E-state index in [1.165, 1.54) is 7.11 Å². The number of esters is 1. The molecule has 0 aliphatic carbocycles. The summed E-state index contributed by atoms with van der Waals surface area (Å²) in [6.07, 6.45) is -1.31. The van der Waals surface area contributed by atoms with Crippen LogP contribution in [0.2, 0.25) is 0 Å². The fourth-order valence-electron chi connectivity index (χ4n) is 2.74. The standard InChI is InChI=1S/C14H25F3N2O2/c1-3-4-5-19-8-11(7-13(20)21-2)6-12(9-19)18-10-14(15,16)17/h11-12,18H,3-10H2,1-2H3. The van der Waals surface area contributed by atoms with Gasteiger partial charge in [0.25, 0.3) is 0 Å². The molecule has 0 aromatic heterocycles. The third kappa shape index (κ3) is 7.66. The third-order valence-electron chi connectivity index (χ3n) is 3.71. The first-order chi connectivity index (χ1) is 9.84. The van der Waals surface area contributed by atoms with Crippen molar-refractivity contribution in [2.75, 3.05) is 33.3 Å². The predicted molar refractivity (Wildman–Crippen MR) is 73.9 cm³/mol. The number of hydrogen-bond acceptors (Lipinski definition) is 4. The molecule has 0 saturated carbocycles. The number of nitrogens with zero attached hydrogens (tertiary/aromatic N) is 1. The fraction of sp³-hybridized carbons (Fsp3) is 0.929. The molecule has 21 heavy (non-hydrogen) atoms. The summed E-state index contributed by atoms with van der Waals surface area (Å²) in [5.74, 6) is -0.249. The molecule has 1 heterocycles. The Balaban J connectivity index is 2.54. The van der Waals surface area contributed by atoms with E-state index in [0.717, 1.165) is 25.9 Å². The van der Waals surface area contributed by atoms with Crippen molar-refractivity contribution in [3.8, 4) is 0 Å². The van der Waals surface area contributed by atoms with Gasteiger partial charge in [0.15, 0.2) is 0 Å². The second-order valence-electron chi connectivity index (χ2n) is 5.69. The highest BCUT2D eigenvalue weighted by molar-refractivity contribution is 5.69. The first-order valence-corrected chi connectivity index (χ1v) is 7.43. The van der Waals surface area contributed by atoms with Gasteiger partial charge in [-0.05, 0) is 25.3 Å². The van der Waals surface area contributed by atoms with Crippen LogP contribution in [0.5, 0.6) is 0 Å². The zero-order chi connectivity index (χ0) is 15.9. The number of methoxy groups -OCH3 is 1. The average molecular weight is 310 g/mol. The summed E-state index contributed by atoms with van der Waals surface area (Å²) >= 11 is 0. The molecule has 4 nitrogen and oxygen atoms in total. The van der Waals surface area contributed by atoms with Crippen LogP contribution in [-0.2, 0) is 9.53 Å². The molecule has 1 rings (SSSR count). The minimum absolute atomic E-state index is 0.0498. The molecule has 124 valence electrons. The van der Waals surface area contributed by atoms with Crippen LogP contribution >= 0.6 is 0 Å². The van der Waals surface area contributed by atoms with E-state index in [1.54, 1.807) is 0 Å². The number of carbonyl (C=O) groups excluding carboxylic acids is 1. The monoisotopic (exact) mass is 310 g/mol. The number of ether oxygens (including phenoxy) is 1. The smallest absolute Gasteiger partial charge is 0.401 e. The first-order valence-electron chi connectivity index (χ1n) is 7.43. The highest BCUT2D eigenvalue weighted by Gasteiger charge is 2.32. The van der Waals surface area contributed by atoms with Crippen molar-refractivity contribution < 1.29 is 22.7 Å². The van der Waals surface area contributed by atoms with Gasteiger partial charge in [0.1, 0.15) is 0 Å². The number of rotatable bonds is 7. The van der Waals surface area contributed by atoms with E-state index in [9.17, 15) is 18.0 Å². The van der Waals surface area contributed by atoms with Crippen molar-refractivity contribution in [2.24, 2.45) is 5.92 Å². The number of halogens is 3. The predicted octanol–water partition coefficient (Wildman–Crippen LogP) is 2.19. The van der Waals surface area contributed by atoms with Crippen molar-refractivity contribution in [1.29, 1.82) is 0 Å². The molecule has 0 radical (unpaired) electrons. The minimum atomic E-state index is -4.20. The van der Waals surface area contributed by atoms with Crippen LogP contribution < -0.4 is 5.32 Å². The highest BCUT2D eigenvalue weighted by Crippen LogP contribution is 2.22. The summed E-state index contributed by atoms with van der Waals surface area (Å²) < 4.78 is 41.6. The molecular weight excluding hydrogens is 285 g/mol. The fourth-order valence-corrected chi connectivity index (χ4v) is 2.74. The second kappa shape index (κ2) is 8.58. The Kier molecular flexibility index (Phi) is 7.45. The SMILES string of the molecule is CCCCN1CC(CC(=O)OC)CC(NCC(F)(F)F)C1. The number of nitrogens with one attached hydrogen (secondary N) is 1. The molecule has 0 bridgehead atoms. The summed E-state index contributed by atoms with van der Waals surface area (Å²) in [6, 6.07) is -0.230. The largest absolute Gasteiger partial charge is 0.469 e. The quantitative estimate of drug-likeness (QED) is 0.732. The zero-order valence-corrected chi connectivity index (χ0v) is 12.7. The summed E-state index contributed by atoms with van der Waals surface area (Å²) in [5.41, 5.74) is 0. The van der Waals surface area contributed by atoms with Crippen molar-refractivity contribution >= 4 is 5.97 Å². The maximum atomic E-state index is 12.3. The van der Waals surface area contributed by atoms with Gasteiger partial charge in [-0.15, -0.1) is 0 Å². The number of piperidine rings is 1. The van der Waals surface area contributed by atoms with Gasteiger partial charge in [-0.1, -0.05) is 13.3 Å². The van der Waals surface area contributed by atoms with E-state index < -0.39 is 12.7 Å². The lowest BCUT2D eigenvalue weighted by atomic mass is 9.91. The maximum absolute atomic E-state index is 12.3. The second-order valence-corrected chi connectivity index (χ2v) is 5.69. The molecule has 0 amide bonds. The summed E-state index contributed by atoms with van der Waals surface area (Å²) in [7, 11) is 1.33. The molecule has 1 N–H and O–H groups in total. The Hall–Kier alpha value is -0.820. The van der Waals surface area contributed by atoms with Crippen LogP contribution in [-0.4, -0.2) is 56.4 Å². The molecule has 2 unspecified atom stereocenters. The van der Waals surface area contributed by atoms with E-state index in [0.29, 0.717) is 13.0 Å². The van der Waals surface area contributed by atoms with Gasteiger partial charge < -0.3 is 15.0 Å². The average Bonchev–Trinajstić information content (AvgIpc) is 2.42. The number of carbonyl (C=O) groups is 1. The van der Waals surface area contributed by atoms with Gasteiger partial charge in [0.2, 0.25) is 0 Å². The first kappa shape index (κ1) is 18.2. The molecule has 1 aliphatic heterocycles. The van der Waals surface area contributed by atoms with Crippen molar-refractivity contribution in [3.63, 3.8) is 0 Å². The van der Waals surface area contributed by atoms with E-state index in [4.69, 9.17) is 0 Å². The molecule has 1 aliphatic rings. The molecule has 0 aromatic carbocycles. The minimum Gasteiger partial charge on any atom is -0.469 e. The summed E-state index contributed by atoms with van der Waals surface area (Å²) in [5, 5.41) is 2.57. The molecule has 0 spiro atoms. The third-order valence-corrected chi connectivity index (χ3v) is 3.71. The van der Waals surface area contributed by atoms with Crippen LogP contribution in [0, 0.1) is 5.92 Å². The molecule has 0 aromatic rings. The van der Waals surface area contributed by atoms with Crippen molar-refractivity contribution in [1.82, 2.24) is 10.2 Å². The number of likely N-dealkylation sites (tertiary alicyclic amines) is 1. The summed E-state index contributed by atoms with van der Waals surface area (Å²) in [6.45, 7) is 3.31. The van der Waals surface area contributed by atoms with Crippen LogP contribution in [0.15, 0.2) is 0 Å². The van der Waals surface area contributed by atoms with Gasteiger partial charge in [-0.25, -0.2) is 0 Å². The van der Waals surface area contributed by atoms with Gasteiger partial charge in [-0.2, -0.15) is 13.2 Å². The Bertz CT molecular complexity index is 324. The lowest BCUT2D eigenvalue weighted by Gasteiger charge is -2.38. The van der Waals surface area contributed by atoms with Gasteiger partial charge >= 0.3 is 12.1 Å². The maximum Gasteiger partial charge on any atom is 0.401 e. The van der Waals surface area contributed by atoms with Gasteiger partial charge in [-0.3, -0.25) is 4.79 Å². The number of alkyl halides is 3. The van der Waals surface area contributed by atoms with Crippen molar-refractivity contribution in [2.45, 2.75) is 44.8 Å². The summed E-state index contributed by atoms with van der Waals surface area (Å²) in [4.78, 5) is 13.5. The van der Waals surface area contributed by atoms with Crippen LogP contribution in [0.25, 0.3) is 0 Å². The molecule has 2 atom stereocenters.